The van der Waals surface area contributed by atoms with Crippen LogP contribution in [0.5, 0.6) is 11.5 Å². The highest BCUT2D eigenvalue weighted by Crippen LogP contribution is 2.34. The predicted octanol–water partition coefficient (Wildman–Crippen LogP) is 4.86. The fourth-order valence-corrected chi connectivity index (χ4v) is 6.23. The molecule has 0 radical (unpaired) electrons. The van der Waals surface area contributed by atoms with E-state index in [9.17, 15) is 13.2 Å². The number of aryl methyl sites for hydroxylation is 1. The molecule has 3 aromatic rings. The summed E-state index contributed by atoms with van der Waals surface area (Å²) in [5.41, 5.74) is 2.00. The van der Waals surface area contributed by atoms with Gasteiger partial charge in [-0.15, -0.1) is 0 Å². The number of hydrogen-bond acceptors (Lipinski definition) is 6. The van der Waals surface area contributed by atoms with E-state index in [4.69, 9.17) is 32.7 Å². The molecule has 0 spiro atoms. The maximum atomic E-state index is 13.9. The number of halogens is 2. The van der Waals surface area contributed by atoms with Crippen LogP contribution in [0.4, 0.5) is 11.4 Å². The highest BCUT2D eigenvalue weighted by Gasteiger charge is 2.32. The third-order valence-electron chi connectivity index (χ3n) is 6.43. The molecule has 8 nitrogen and oxygen atoms in total. The number of benzene rings is 3. The molecule has 0 saturated carbocycles. The number of rotatable bonds is 8. The van der Waals surface area contributed by atoms with E-state index in [1.807, 2.05) is 24.3 Å². The molecular weight excluding hydrogens is 549 g/mol. The molecule has 38 heavy (non-hydrogen) atoms. The van der Waals surface area contributed by atoms with E-state index in [0.29, 0.717) is 26.2 Å². The Morgan fingerprint density at radius 3 is 2.18 bits per heavy atom. The van der Waals surface area contributed by atoms with Gasteiger partial charge in [0.2, 0.25) is 5.91 Å². The Morgan fingerprint density at radius 2 is 1.58 bits per heavy atom. The van der Waals surface area contributed by atoms with Crippen LogP contribution in [0.25, 0.3) is 0 Å². The molecule has 0 bridgehead atoms. The molecule has 4 rings (SSSR count). The first-order chi connectivity index (χ1) is 18.1. The molecule has 1 saturated heterocycles. The Labute approximate surface area is 233 Å². The van der Waals surface area contributed by atoms with Crippen LogP contribution in [0, 0.1) is 6.92 Å². The average Bonchev–Trinajstić information content (AvgIpc) is 2.93. The molecule has 11 heteroatoms. The topological polar surface area (TPSA) is 79.4 Å². The van der Waals surface area contributed by atoms with Crippen molar-refractivity contribution < 1.29 is 22.7 Å². The molecule has 0 atom stereocenters. The third kappa shape index (κ3) is 5.95. The van der Waals surface area contributed by atoms with E-state index < -0.39 is 16.6 Å². The monoisotopic (exact) mass is 577 g/mol. The van der Waals surface area contributed by atoms with Crippen molar-refractivity contribution in [2.24, 2.45) is 0 Å². The summed E-state index contributed by atoms with van der Waals surface area (Å²) in [6.07, 6.45) is 0. The molecule has 0 aromatic heterocycles. The van der Waals surface area contributed by atoms with Gasteiger partial charge in [0.1, 0.15) is 22.9 Å². The van der Waals surface area contributed by atoms with Gasteiger partial charge in [-0.05, 0) is 67.1 Å². The van der Waals surface area contributed by atoms with Gasteiger partial charge in [0.25, 0.3) is 10.0 Å². The highest BCUT2D eigenvalue weighted by atomic mass is 35.5. The lowest BCUT2D eigenvalue weighted by atomic mass is 10.2. The summed E-state index contributed by atoms with van der Waals surface area (Å²) in [6, 6.07) is 17.1. The first-order valence-corrected chi connectivity index (χ1v) is 14.1. The van der Waals surface area contributed by atoms with Crippen molar-refractivity contribution in [1.29, 1.82) is 0 Å². The zero-order valence-electron chi connectivity index (χ0n) is 21.4. The number of ether oxygens (including phenoxy) is 2. The van der Waals surface area contributed by atoms with Crippen LogP contribution in [-0.2, 0) is 14.8 Å². The number of methoxy groups -OCH3 is 2. The van der Waals surface area contributed by atoms with Crippen molar-refractivity contribution in [3.8, 4) is 11.5 Å². The predicted molar refractivity (Wildman–Crippen MR) is 151 cm³/mol. The molecule has 3 aromatic carbocycles. The SMILES string of the molecule is COc1ccc(N2CCN(C(=O)CN(c3ccc(Cl)c(Cl)c3)S(=O)(=O)c3cc(C)ccc3OC)CC2)cc1. The largest absolute Gasteiger partial charge is 0.497 e. The molecule has 1 aliphatic heterocycles. The van der Waals surface area contributed by atoms with Gasteiger partial charge in [-0.1, -0.05) is 29.3 Å². The lowest BCUT2D eigenvalue weighted by molar-refractivity contribution is -0.129. The Morgan fingerprint density at radius 1 is 0.895 bits per heavy atom. The normalized spacial score (nSPS) is 13.8. The number of nitrogens with zero attached hydrogens (tertiary/aromatic N) is 3. The molecule has 1 aliphatic rings. The first-order valence-electron chi connectivity index (χ1n) is 11.9. The van der Waals surface area contributed by atoms with Crippen LogP contribution in [0.2, 0.25) is 10.0 Å². The lowest BCUT2D eigenvalue weighted by Gasteiger charge is -2.37. The molecule has 0 N–H and O–H groups in total. The number of carbonyl (C=O) groups excluding carboxylic acids is 1. The Bertz CT molecular complexity index is 1410. The van der Waals surface area contributed by atoms with Gasteiger partial charge in [0.15, 0.2) is 0 Å². The van der Waals surface area contributed by atoms with Gasteiger partial charge in [0.05, 0.1) is 30.0 Å². The van der Waals surface area contributed by atoms with Gasteiger partial charge in [-0.2, -0.15) is 0 Å². The third-order valence-corrected chi connectivity index (χ3v) is 8.96. The zero-order valence-corrected chi connectivity index (χ0v) is 23.7. The highest BCUT2D eigenvalue weighted by molar-refractivity contribution is 7.93. The molecule has 1 amide bonds. The van der Waals surface area contributed by atoms with Gasteiger partial charge in [-0.25, -0.2) is 8.42 Å². The van der Waals surface area contributed by atoms with E-state index in [2.05, 4.69) is 4.90 Å². The van der Waals surface area contributed by atoms with E-state index in [1.165, 1.54) is 31.4 Å². The molecule has 1 heterocycles. The Kier molecular flexibility index (Phi) is 8.60. The average molecular weight is 579 g/mol. The number of carbonyl (C=O) groups is 1. The van der Waals surface area contributed by atoms with Crippen molar-refractivity contribution in [1.82, 2.24) is 4.90 Å². The van der Waals surface area contributed by atoms with Crippen LogP contribution >= 0.6 is 23.2 Å². The lowest BCUT2D eigenvalue weighted by Crippen LogP contribution is -2.52. The van der Waals surface area contributed by atoms with Gasteiger partial charge < -0.3 is 19.3 Å². The summed E-state index contributed by atoms with van der Waals surface area (Å²) in [7, 11) is -1.18. The molecule has 0 unspecified atom stereocenters. The second-order valence-electron chi connectivity index (χ2n) is 8.83. The standard InChI is InChI=1S/C27H29Cl2N3O5S/c1-19-4-11-25(37-3)26(16-19)38(34,35)32(21-7-10-23(28)24(29)17-21)18-27(33)31-14-12-30(13-15-31)20-5-8-22(36-2)9-6-20/h4-11,16-17H,12-15,18H2,1-3H3. The smallest absolute Gasteiger partial charge is 0.268 e. The van der Waals surface area contributed by atoms with Crippen LogP contribution < -0.4 is 18.7 Å². The zero-order chi connectivity index (χ0) is 27.4. The second kappa shape index (κ2) is 11.7. The minimum Gasteiger partial charge on any atom is -0.497 e. The number of anilines is 2. The fourth-order valence-electron chi connectivity index (χ4n) is 4.29. The molecular formula is C27H29Cl2N3O5S. The van der Waals surface area contributed by atoms with Gasteiger partial charge in [-0.3, -0.25) is 9.10 Å². The number of amides is 1. The van der Waals surface area contributed by atoms with E-state index in [0.717, 1.165) is 21.3 Å². The van der Waals surface area contributed by atoms with E-state index >= 15 is 0 Å². The van der Waals surface area contributed by atoms with Crippen LogP contribution in [0.1, 0.15) is 5.56 Å². The molecule has 0 aliphatic carbocycles. The maximum Gasteiger partial charge on any atom is 0.268 e. The summed E-state index contributed by atoms with van der Waals surface area (Å²) < 4.78 is 39.5. The maximum absolute atomic E-state index is 13.9. The Balaban J connectivity index is 1.58. The summed E-state index contributed by atoms with van der Waals surface area (Å²) in [4.78, 5) is 17.3. The second-order valence-corrected chi connectivity index (χ2v) is 11.5. The minimum atomic E-state index is -4.21. The van der Waals surface area contributed by atoms with Crippen molar-refractivity contribution in [3.05, 3.63) is 76.3 Å². The minimum absolute atomic E-state index is 0.0387. The fraction of sp³-hybridized carbons (Fsp3) is 0.296. The van der Waals surface area contributed by atoms with Crippen molar-refractivity contribution >= 4 is 50.5 Å². The summed E-state index contributed by atoms with van der Waals surface area (Å²) in [5.74, 6) is 0.637. The Hall–Kier alpha value is -3.14. The van der Waals surface area contributed by atoms with Crippen molar-refractivity contribution in [2.45, 2.75) is 11.8 Å². The quantitative estimate of drug-likeness (QED) is 0.380. The van der Waals surface area contributed by atoms with Crippen LogP contribution in [-0.4, -0.2) is 66.2 Å². The number of hydrogen-bond donors (Lipinski definition) is 0. The van der Waals surface area contributed by atoms with E-state index in [-0.39, 0.29) is 32.3 Å². The summed E-state index contributed by atoms with van der Waals surface area (Å²) in [6.45, 7) is 3.52. The summed E-state index contributed by atoms with van der Waals surface area (Å²) >= 11 is 12.3. The van der Waals surface area contributed by atoms with Gasteiger partial charge >= 0.3 is 0 Å². The molecule has 202 valence electrons. The van der Waals surface area contributed by atoms with E-state index in [1.54, 1.807) is 31.1 Å². The van der Waals surface area contributed by atoms with Crippen LogP contribution in [0.15, 0.2) is 65.6 Å². The number of sulfonamides is 1. The van der Waals surface area contributed by atoms with Crippen molar-refractivity contribution in [2.75, 3.05) is 56.1 Å². The number of piperazine rings is 1. The van der Waals surface area contributed by atoms with Gasteiger partial charge in [0, 0.05) is 31.9 Å². The van der Waals surface area contributed by atoms with Crippen molar-refractivity contribution in [3.63, 3.8) is 0 Å². The first kappa shape index (κ1) is 27.9. The summed E-state index contributed by atoms with van der Waals surface area (Å²) in [5, 5.41) is 0.461. The molecule has 1 fully saturated rings. The van der Waals surface area contributed by atoms with Crippen LogP contribution in [0.3, 0.4) is 0 Å².